The maximum Gasteiger partial charge on any atom is 0.198 e. The molecule has 0 aliphatic rings. The van der Waals surface area contributed by atoms with Gasteiger partial charge in [-0.05, 0) is 36.2 Å². The molecule has 0 amide bonds. The second-order valence-corrected chi connectivity index (χ2v) is 4.57. The van der Waals surface area contributed by atoms with Crippen LogP contribution in [0, 0.1) is 24.4 Å². The second-order valence-electron chi connectivity index (χ2n) is 4.01. The molecule has 1 nitrogen and oxygen atoms in total. The minimum atomic E-state index is -0.865. The molecule has 0 radical (unpaired) electrons. The molecule has 0 aliphatic heterocycles. The maximum atomic E-state index is 13.7. The van der Waals surface area contributed by atoms with Gasteiger partial charge in [0.05, 0.1) is 0 Å². The van der Waals surface area contributed by atoms with Gasteiger partial charge in [0, 0.05) is 5.33 Å². The molecule has 2 aromatic rings. The highest BCUT2D eigenvalue weighted by Crippen LogP contribution is 2.31. The maximum absolute atomic E-state index is 13.7. The summed E-state index contributed by atoms with van der Waals surface area (Å²) in [5.74, 6) is -3.17. The summed E-state index contributed by atoms with van der Waals surface area (Å²) in [6, 6.07) is 6.70. The van der Waals surface area contributed by atoms with Crippen molar-refractivity contribution < 1.29 is 17.9 Å². The Hall–Kier alpha value is -1.49. The van der Waals surface area contributed by atoms with Crippen molar-refractivity contribution in [3.05, 3.63) is 58.9 Å². The molecule has 0 bridgehead atoms. The third-order valence-electron chi connectivity index (χ3n) is 2.58. The van der Waals surface area contributed by atoms with Crippen LogP contribution in [-0.2, 0) is 5.33 Å². The molecule has 0 spiro atoms. The first kappa shape index (κ1) is 13.9. The summed E-state index contributed by atoms with van der Waals surface area (Å²) in [5.41, 5.74) is 0.780. The Morgan fingerprint density at radius 2 is 1.74 bits per heavy atom. The molecule has 0 saturated carbocycles. The summed E-state index contributed by atoms with van der Waals surface area (Å²) in [7, 11) is 0. The molecule has 0 heterocycles. The lowest BCUT2D eigenvalue weighted by Crippen LogP contribution is -1.97. The van der Waals surface area contributed by atoms with Crippen LogP contribution in [0.3, 0.4) is 0 Å². The highest BCUT2D eigenvalue weighted by atomic mass is 79.9. The van der Waals surface area contributed by atoms with Crippen molar-refractivity contribution >= 4 is 15.9 Å². The van der Waals surface area contributed by atoms with E-state index in [1.165, 1.54) is 6.07 Å². The molecule has 0 atom stereocenters. The van der Waals surface area contributed by atoms with Gasteiger partial charge in [0.15, 0.2) is 29.0 Å². The molecule has 0 aliphatic carbocycles. The van der Waals surface area contributed by atoms with Crippen LogP contribution < -0.4 is 4.74 Å². The van der Waals surface area contributed by atoms with Gasteiger partial charge in [-0.2, -0.15) is 0 Å². The molecule has 0 N–H and O–H groups in total. The number of rotatable bonds is 3. The summed E-state index contributed by atoms with van der Waals surface area (Å²) < 4.78 is 46.1. The van der Waals surface area contributed by atoms with Crippen LogP contribution >= 0.6 is 15.9 Å². The van der Waals surface area contributed by atoms with Gasteiger partial charge in [-0.3, -0.25) is 0 Å². The Bertz CT molecular complexity index is 591. The van der Waals surface area contributed by atoms with Gasteiger partial charge in [-0.15, -0.1) is 0 Å². The molecule has 0 saturated heterocycles. The zero-order chi connectivity index (χ0) is 14.0. The Kier molecular flexibility index (Phi) is 4.14. The Morgan fingerprint density at radius 3 is 2.32 bits per heavy atom. The van der Waals surface area contributed by atoms with E-state index in [0.29, 0.717) is 16.5 Å². The fraction of sp³-hybridized carbons (Fsp3) is 0.143. The highest BCUT2D eigenvalue weighted by Gasteiger charge is 2.16. The third kappa shape index (κ3) is 2.92. The van der Waals surface area contributed by atoms with Gasteiger partial charge in [0.2, 0.25) is 0 Å². The van der Waals surface area contributed by atoms with Crippen LogP contribution in [0.15, 0.2) is 30.3 Å². The summed E-state index contributed by atoms with van der Waals surface area (Å²) in [4.78, 5) is 0. The van der Waals surface area contributed by atoms with Crippen molar-refractivity contribution in [2.24, 2.45) is 0 Å². The average Bonchev–Trinajstić information content (AvgIpc) is 2.38. The zero-order valence-electron chi connectivity index (χ0n) is 10.0. The van der Waals surface area contributed by atoms with Crippen LogP contribution in [0.25, 0.3) is 0 Å². The number of aryl methyl sites for hydroxylation is 1. The SMILES string of the molecule is Cc1cccc(Oc2c(F)cc(CBr)cc2F)c1F. The van der Waals surface area contributed by atoms with Crippen LogP contribution in [0.5, 0.6) is 11.5 Å². The highest BCUT2D eigenvalue weighted by molar-refractivity contribution is 9.08. The first-order chi connectivity index (χ1) is 9.02. The van der Waals surface area contributed by atoms with Crippen LogP contribution in [0.4, 0.5) is 13.2 Å². The fourth-order valence-corrected chi connectivity index (χ4v) is 1.92. The third-order valence-corrected chi connectivity index (χ3v) is 3.23. The fourth-order valence-electron chi connectivity index (χ4n) is 1.60. The van der Waals surface area contributed by atoms with Crippen molar-refractivity contribution in [2.75, 3.05) is 0 Å². The summed E-state index contributed by atoms with van der Waals surface area (Å²) in [5, 5.41) is 0.319. The lowest BCUT2D eigenvalue weighted by molar-refractivity contribution is 0.386. The van der Waals surface area contributed by atoms with E-state index in [1.807, 2.05) is 0 Å². The zero-order valence-corrected chi connectivity index (χ0v) is 11.6. The summed E-state index contributed by atoms with van der Waals surface area (Å²) in [6.45, 7) is 1.54. The first-order valence-electron chi connectivity index (χ1n) is 5.49. The molecule has 2 aromatic carbocycles. The molecule has 0 fully saturated rings. The van der Waals surface area contributed by atoms with E-state index < -0.39 is 23.2 Å². The van der Waals surface area contributed by atoms with Crippen molar-refractivity contribution in [1.29, 1.82) is 0 Å². The Balaban J connectivity index is 2.41. The van der Waals surface area contributed by atoms with E-state index in [9.17, 15) is 13.2 Å². The quantitative estimate of drug-likeness (QED) is 0.711. The number of ether oxygens (including phenoxy) is 1. The smallest absolute Gasteiger partial charge is 0.198 e. The van der Waals surface area contributed by atoms with E-state index in [4.69, 9.17) is 4.74 Å². The largest absolute Gasteiger partial charge is 0.448 e. The number of hydrogen-bond acceptors (Lipinski definition) is 1. The van der Waals surface area contributed by atoms with E-state index in [-0.39, 0.29) is 5.75 Å². The van der Waals surface area contributed by atoms with Crippen LogP contribution in [0.1, 0.15) is 11.1 Å². The monoisotopic (exact) mass is 330 g/mol. The van der Waals surface area contributed by atoms with Crippen molar-refractivity contribution in [3.63, 3.8) is 0 Å². The molecule has 100 valence electrons. The van der Waals surface area contributed by atoms with E-state index in [2.05, 4.69) is 15.9 Å². The molecule has 2 rings (SSSR count). The Morgan fingerprint density at radius 1 is 1.11 bits per heavy atom. The van der Waals surface area contributed by atoms with Crippen molar-refractivity contribution in [3.8, 4) is 11.5 Å². The van der Waals surface area contributed by atoms with Crippen molar-refractivity contribution in [1.82, 2.24) is 0 Å². The standard InChI is InChI=1S/C14H10BrF3O/c1-8-3-2-4-12(13(8)18)19-14-10(16)5-9(7-15)6-11(14)17/h2-6H,7H2,1H3. The molecule has 0 unspecified atom stereocenters. The minimum absolute atomic E-state index is 0.204. The van der Waals surface area contributed by atoms with Gasteiger partial charge in [-0.1, -0.05) is 28.1 Å². The van der Waals surface area contributed by atoms with Gasteiger partial charge >= 0.3 is 0 Å². The minimum Gasteiger partial charge on any atom is -0.448 e. The van der Waals surface area contributed by atoms with Crippen molar-refractivity contribution in [2.45, 2.75) is 12.3 Å². The van der Waals surface area contributed by atoms with Gasteiger partial charge < -0.3 is 4.74 Å². The summed E-state index contributed by atoms with van der Waals surface area (Å²) in [6.07, 6.45) is 0. The number of halogens is 4. The van der Waals surface area contributed by atoms with E-state index in [0.717, 1.165) is 12.1 Å². The first-order valence-corrected chi connectivity index (χ1v) is 6.62. The second kappa shape index (κ2) is 5.65. The molecular weight excluding hydrogens is 321 g/mol. The van der Waals surface area contributed by atoms with Crippen LogP contribution in [0.2, 0.25) is 0 Å². The van der Waals surface area contributed by atoms with E-state index in [1.54, 1.807) is 19.1 Å². The number of benzene rings is 2. The lowest BCUT2D eigenvalue weighted by atomic mass is 10.2. The predicted octanol–water partition coefficient (Wildman–Crippen LogP) is 5.10. The average molecular weight is 331 g/mol. The van der Waals surface area contributed by atoms with Gasteiger partial charge in [0.1, 0.15) is 0 Å². The summed E-state index contributed by atoms with van der Waals surface area (Å²) >= 11 is 3.10. The molecular formula is C14H10BrF3O. The molecule has 5 heteroatoms. The molecule has 0 aromatic heterocycles. The number of hydrogen-bond donors (Lipinski definition) is 0. The Labute approximate surface area is 117 Å². The normalized spacial score (nSPS) is 10.6. The molecule has 19 heavy (non-hydrogen) atoms. The van der Waals surface area contributed by atoms with Crippen LogP contribution in [-0.4, -0.2) is 0 Å². The van der Waals surface area contributed by atoms with Gasteiger partial charge in [-0.25, -0.2) is 13.2 Å². The topological polar surface area (TPSA) is 9.23 Å². The lowest BCUT2D eigenvalue weighted by Gasteiger charge is -2.10. The predicted molar refractivity (Wildman–Crippen MR) is 70.2 cm³/mol. The number of alkyl halides is 1. The van der Waals surface area contributed by atoms with E-state index >= 15 is 0 Å². The van der Waals surface area contributed by atoms with Gasteiger partial charge in [0.25, 0.3) is 0 Å².